The van der Waals surface area contributed by atoms with Gasteiger partial charge in [0.2, 0.25) is 0 Å². The van der Waals surface area contributed by atoms with E-state index in [1.165, 1.54) is 12.1 Å². The lowest BCUT2D eigenvalue weighted by Crippen LogP contribution is -2.50. The van der Waals surface area contributed by atoms with Crippen LogP contribution in [0, 0.1) is 17.1 Å². The summed E-state index contributed by atoms with van der Waals surface area (Å²) in [7, 11) is -1.77. The molecular formula is C27H25F5N2O2S. The Kier molecular flexibility index (Phi) is 8.40. The summed E-state index contributed by atoms with van der Waals surface area (Å²) in [5, 5.41) is 9.25. The summed E-state index contributed by atoms with van der Waals surface area (Å²) in [4.78, 5) is 0. The highest BCUT2D eigenvalue weighted by atomic mass is 32.2. The van der Waals surface area contributed by atoms with Crippen molar-refractivity contribution in [1.82, 2.24) is 4.72 Å². The van der Waals surface area contributed by atoms with E-state index >= 15 is 0 Å². The molecule has 3 aromatic rings. The Hall–Kier alpha value is -3.29. The molecule has 37 heavy (non-hydrogen) atoms. The summed E-state index contributed by atoms with van der Waals surface area (Å²) in [6.07, 6.45) is -8.93. The lowest BCUT2D eigenvalue weighted by atomic mass is 9.78. The van der Waals surface area contributed by atoms with Gasteiger partial charge in [0, 0.05) is 6.07 Å². The van der Waals surface area contributed by atoms with E-state index in [0.717, 1.165) is 17.7 Å². The first kappa shape index (κ1) is 28.3. The fourth-order valence-electron chi connectivity index (χ4n) is 3.64. The molecule has 0 amide bonds. The van der Waals surface area contributed by atoms with Gasteiger partial charge >= 0.3 is 12.5 Å². The van der Waals surface area contributed by atoms with Crippen LogP contribution in [-0.2, 0) is 22.9 Å². The summed E-state index contributed by atoms with van der Waals surface area (Å²) in [6, 6.07) is 19.7. The highest BCUT2D eigenvalue weighted by Gasteiger charge is 2.45. The molecule has 3 aromatic carbocycles. The van der Waals surface area contributed by atoms with Crippen LogP contribution in [0.25, 0.3) is 0 Å². The van der Waals surface area contributed by atoms with Crippen LogP contribution < -0.4 is 9.46 Å². The third-order valence-corrected chi connectivity index (χ3v) is 7.16. The molecule has 0 fully saturated rings. The SMILES string of the molecule is CC(C)(C)S(=O)NC(Cc1ccccc1)(c1ccc(C#N)cc1)c1cc(F)cc(OC(F)(F)C(F)F)c1. The average Bonchev–Trinajstić information content (AvgIpc) is 2.83. The number of rotatable bonds is 9. The van der Waals surface area contributed by atoms with Crippen molar-refractivity contribution in [3.05, 3.63) is 101 Å². The minimum absolute atomic E-state index is 0.0127. The number of hydrogen-bond acceptors (Lipinski definition) is 3. The van der Waals surface area contributed by atoms with Gasteiger partial charge in [0.05, 0.1) is 32.9 Å². The molecule has 3 rings (SSSR count). The molecule has 0 radical (unpaired) electrons. The second-order valence-electron chi connectivity index (χ2n) is 9.38. The highest BCUT2D eigenvalue weighted by Crippen LogP contribution is 2.38. The van der Waals surface area contributed by atoms with Gasteiger partial charge in [-0.25, -0.2) is 13.3 Å². The number of nitrogens with zero attached hydrogens (tertiary/aromatic N) is 1. The zero-order chi connectivity index (χ0) is 27.4. The first-order chi connectivity index (χ1) is 17.3. The minimum Gasteiger partial charge on any atom is -0.428 e. The smallest absolute Gasteiger partial charge is 0.428 e. The normalized spacial score (nSPS) is 14.6. The van der Waals surface area contributed by atoms with Crippen molar-refractivity contribution in [3.8, 4) is 11.8 Å². The summed E-state index contributed by atoms with van der Waals surface area (Å²) in [5.41, 5.74) is -0.0127. The molecule has 196 valence electrons. The molecule has 0 aromatic heterocycles. The van der Waals surface area contributed by atoms with E-state index in [9.17, 15) is 31.4 Å². The summed E-state index contributed by atoms with van der Waals surface area (Å²) >= 11 is 0. The van der Waals surface area contributed by atoms with E-state index in [2.05, 4.69) is 9.46 Å². The van der Waals surface area contributed by atoms with Gasteiger partial charge in [-0.2, -0.15) is 22.8 Å². The number of nitriles is 1. The van der Waals surface area contributed by atoms with E-state index in [1.54, 1.807) is 63.2 Å². The van der Waals surface area contributed by atoms with Gasteiger partial charge < -0.3 is 4.74 Å². The van der Waals surface area contributed by atoms with E-state index in [0.29, 0.717) is 17.2 Å². The average molecular weight is 537 g/mol. The fraction of sp³-hybridized carbons (Fsp3) is 0.296. The Balaban J connectivity index is 2.31. The molecule has 1 N–H and O–H groups in total. The molecule has 0 saturated heterocycles. The number of ether oxygens (including phenoxy) is 1. The first-order valence-corrected chi connectivity index (χ1v) is 12.3. The van der Waals surface area contributed by atoms with E-state index in [4.69, 9.17) is 0 Å². The molecule has 0 saturated carbocycles. The second kappa shape index (κ2) is 11.0. The van der Waals surface area contributed by atoms with Crippen LogP contribution in [0.15, 0.2) is 72.8 Å². The maximum atomic E-state index is 14.8. The number of halogens is 5. The van der Waals surface area contributed by atoms with Gasteiger partial charge in [-0.1, -0.05) is 42.5 Å². The molecule has 0 aliphatic rings. The summed E-state index contributed by atoms with van der Waals surface area (Å²) in [5.74, 6) is -1.85. The molecule has 0 aliphatic carbocycles. The lowest BCUT2D eigenvalue weighted by molar-refractivity contribution is -0.253. The molecule has 10 heteroatoms. The van der Waals surface area contributed by atoms with Crippen molar-refractivity contribution in [2.75, 3.05) is 0 Å². The van der Waals surface area contributed by atoms with Crippen LogP contribution in [0.3, 0.4) is 0 Å². The Morgan fingerprint density at radius 3 is 2.14 bits per heavy atom. The van der Waals surface area contributed by atoms with Crippen molar-refractivity contribution in [2.45, 2.75) is 50.0 Å². The topological polar surface area (TPSA) is 62.1 Å². The Bertz CT molecular complexity index is 1290. The van der Waals surface area contributed by atoms with Crippen molar-refractivity contribution in [3.63, 3.8) is 0 Å². The molecule has 0 aliphatic heterocycles. The Morgan fingerprint density at radius 2 is 1.59 bits per heavy atom. The van der Waals surface area contributed by atoms with Gasteiger partial charge in [-0.05, 0) is 68.1 Å². The van der Waals surface area contributed by atoms with Crippen molar-refractivity contribution >= 4 is 11.0 Å². The zero-order valence-corrected chi connectivity index (χ0v) is 21.1. The Morgan fingerprint density at radius 1 is 0.973 bits per heavy atom. The highest BCUT2D eigenvalue weighted by molar-refractivity contribution is 7.84. The molecule has 0 bridgehead atoms. The molecule has 0 spiro atoms. The standard InChI is InChI=1S/C27H25F5N2O2S/c1-25(2,3)37(35)34-26(16-18-7-5-4-6-8-18,20-11-9-19(17-33)10-12-20)21-13-22(28)15-23(14-21)36-27(31,32)24(29)30/h4-15,24,34H,16H2,1-3H3. The van der Waals surface area contributed by atoms with Gasteiger partial charge in [-0.3, -0.25) is 0 Å². The predicted molar refractivity (Wildman–Crippen MR) is 131 cm³/mol. The maximum Gasteiger partial charge on any atom is 0.461 e. The fourth-order valence-corrected chi connectivity index (χ4v) is 4.57. The first-order valence-electron chi connectivity index (χ1n) is 11.2. The van der Waals surface area contributed by atoms with Gasteiger partial charge in [-0.15, -0.1) is 0 Å². The molecule has 2 unspecified atom stereocenters. The van der Waals surface area contributed by atoms with Crippen molar-refractivity contribution < 1.29 is 30.9 Å². The minimum atomic E-state index is -4.86. The quantitative estimate of drug-likeness (QED) is 0.319. The number of alkyl halides is 4. The predicted octanol–water partition coefficient (Wildman–Crippen LogP) is 6.47. The van der Waals surface area contributed by atoms with Crippen LogP contribution in [0.4, 0.5) is 22.0 Å². The monoisotopic (exact) mass is 536 g/mol. The third-order valence-electron chi connectivity index (χ3n) is 5.51. The zero-order valence-electron chi connectivity index (χ0n) is 20.3. The van der Waals surface area contributed by atoms with Crippen LogP contribution >= 0.6 is 0 Å². The summed E-state index contributed by atoms with van der Waals surface area (Å²) in [6.45, 7) is 5.14. The lowest BCUT2D eigenvalue weighted by Gasteiger charge is -2.38. The number of hydrogen-bond donors (Lipinski definition) is 1. The van der Waals surface area contributed by atoms with Crippen LogP contribution in [0.5, 0.6) is 5.75 Å². The van der Waals surface area contributed by atoms with E-state index < -0.39 is 45.4 Å². The van der Waals surface area contributed by atoms with E-state index in [-0.39, 0.29) is 12.0 Å². The molecule has 0 heterocycles. The van der Waals surface area contributed by atoms with Crippen molar-refractivity contribution in [1.29, 1.82) is 5.26 Å². The Labute approximate surface area is 214 Å². The van der Waals surface area contributed by atoms with E-state index in [1.807, 2.05) is 6.07 Å². The summed E-state index contributed by atoms with van der Waals surface area (Å²) < 4.78 is 87.8. The van der Waals surface area contributed by atoms with Crippen LogP contribution in [0.1, 0.15) is 43.0 Å². The van der Waals surface area contributed by atoms with Gasteiger partial charge in [0.1, 0.15) is 11.6 Å². The van der Waals surface area contributed by atoms with Crippen LogP contribution in [-0.4, -0.2) is 21.5 Å². The van der Waals surface area contributed by atoms with Crippen molar-refractivity contribution in [2.24, 2.45) is 0 Å². The largest absolute Gasteiger partial charge is 0.461 e. The number of benzene rings is 3. The molecule has 4 nitrogen and oxygen atoms in total. The second-order valence-corrected chi connectivity index (χ2v) is 11.3. The van der Waals surface area contributed by atoms with Gasteiger partial charge in [0.25, 0.3) is 0 Å². The maximum absolute atomic E-state index is 14.8. The van der Waals surface area contributed by atoms with Crippen LogP contribution in [0.2, 0.25) is 0 Å². The third kappa shape index (κ3) is 6.73. The number of nitrogens with one attached hydrogen (secondary N) is 1. The molecular weight excluding hydrogens is 511 g/mol. The van der Waals surface area contributed by atoms with Gasteiger partial charge in [0.15, 0.2) is 0 Å². The molecule has 2 atom stereocenters.